The minimum absolute atomic E-state index is 0.222. The van der Waals surface area contributed by atoms with Crippen LogP contribution in [0.1, 0.15) is 28.7 Å². The number of benzene rings is 2. The highest BCUT2D eigenvalue weighted by Crippen LogP contribution is 2.15. The van der Waals surface area contributed by atoms with E-state index in [0.717, 1.165) is 24.0 Å². The van der Waals surface area contributed by atoms with Crippen molar-refractivity contribution in [2.45, 2.75) is 39.2 Å². The van der Waals surface area contributed by atoms with Gasteiger partial charge in [0.05, 0.1) is 6.10 Å². The van der Waals surface area contributed by atoms with Gasteiger partial charge in [0.25, 0.3) is 0 Å². The average Bonchev–Trinajstić information content (AvgIpc) is 2.41. The summed E-state index contributed by atoms with van der Waals surface area (Å²) < 4.78 is 13.0. The summed E-state index contributed by atoms with van der Waals surface area (Å²) >= 11 is 0. The number of aryl methyl sites for hydroxylation is 3. The van der Waals surface area contributed by atoms with E-state index in [4.69, 9.17) is 0 Å². The highest BCUT2D eigenvalue weighted by atomic mass is 19.1. The highest BCUT2D eigenvalue weighted by Gasteiger charge is 2.08. The van der Waals surface area contributed by atoms with Crippen LogP contribution < -0.4 is 0 Å². The largest absolute Gasteiger partial charge is 0.393 e. The summed E-state index contributed by atoms with van der Waals surface area (Å²) in [4.78, 5) is 0. The van der Waals surface area contributed by atoms with E-state index in [1.54, 1.807) is 6.07 Å². The third kappa shape index (κ3) is 4.17. The lowest BCUT2D eigenvalue weighted by atomic mass is 9.98. The van der Waals surface area contributed by atoms with Gasteiger partial charge in [-0.3, -0.25) is 0 Å². The fraction of sp³-hybridized carbons (Fsp3) is 0.333. The van der Waals surface area contributed by atoms with Crippen molar-refractivity contribution in [3.63, 3.8) is 0 Å². The van der Waals surface area contributed by atoms with Crippen LogP contribution in [0.15, 0.2) is 42.5 Å². The Morgan fingerprint density at radius 1 is 1.05 bits per heavy atom. The summed E-state index contributed by atoms with van der Waals surface area (Å²) in [7, 11) is 0. The smallest absolute Gasteiger partial charge is 0.123 e. The zero-order valence-corrected chi connectivity index (χ0v) is 12.1. The molecule has 2 aromatic rings. The monoisotopic (exact) mass is 272 g/mol. The van der Waals surface area contributed by atoms with Crippen LogP contribution in [0.2, 0.25) is 0 Å². The third-order valence-corrected chi connectivity index (χ3v) is 3.65. The number of hydrogen-bond acceptors (Lipinski definition) is 1. The molecule has 0 aromatic heterocycles. The predicted molar refractivity (Wildman–Crippen MR) is 80.3 cm³/mol. The zero-order chi connectivity index (χ0) is 14.5. The molecule has 0 saturated carbocycles. The Bertz CT molecular complexity index is 560. The quantitative estimate of drug-likeness (QED) is 0.873. The second-order valence-corrected chi connectivity index (χ2v) is 5.45. The van der Waals surface area contributed by atoms with Gasteiger partial charge in [0.1, 0.15) is 5.82 Å². The van der Waals surface area contributed by atoms with Crippen LogP contribution in [-0.2, 0) is 12.8 Å². The summed E-state index contributed by atoms with van der Waals surface area (Å²) in [5.74, 6) is -0.222. The van der Waals surface area contributed by atoms with Crippen LogP contribution in [0.3, 0.4) is 0 Å². The van der Waals surface area contributed by atoms with Crippen LogP contribution in [0, 0.1) is 19.7 Å². The topological polar surface area (TPSA) is 20.2 Å². The first-order valence-electron chi connectivity index (χ1n) is 7.03. The molecule has 1 atom stereocenters. The van der Waals surface area contributed by atoms with E-state index in [1.807, 2.05) is 6.92 Å². The first-order valence-corrected chi connectivity index (χ1v) is 7.03. The zero-order valence-electron chi connectivity index (χ0n) is 12.1. The molecule has 1 N–H and O–H groups in total. The van der Waals surface area contributed by atoms with E-state index < -0.39 is 0 Å². The SMILES string of the molecule is Cc1ccc(CCC(O)Cc2ccc(F)cc2C)cc1. The van der Waals surface area contributed by atoms with E-state index in [9.17, 15) is 9.50 Å². The second kappa shape index (κ2) is 6.67. The molecule has 1 nitrogen and oxygen atoms in total. The van der Waals surface area contributed by atoms with Crippen LogP contribution in [-0.4, -0.2) is 11.2 Å². The van der Waals surface area contributed by atoms with Gasteiger partial charge < -0.3 is 5.11 Å². The summed E-state index contributed by atoms with van der Waals surface area (Å²) in [6.07, 6.45) is 1.78. The summed E-state index contributed by atoms with van der Waals surface area (Å²) in [6.45, 7) is 3.95. The van der Waals surface area contributed by atoms with Gasteiger partial charge in [-0.05, 0) is 61.9 Å². The molecule has 0 radical (unpaired) electrons. The molecule has 106 valence electrons. The Balaban J connectivity index is 1.89. The lowest BCUT2D eigenvalue weighted by molar-refractivity contribution is 0.165. The number of halogens is 1. The average molecular weight is 272 g/mol. The molecule has 0 spiro atoms. The molecule has 0 saturated heterocycles. The fourth-order valence-electron chi connectivity index (χ4n) is 2.33. The third-order valence-electron chi connectivity index (χ3n) is 3.65. The molecule has 1 unspecified atom stereocenters. The molecule has 20 heavy (non-hydrogen) atoms. The Hall–Kier alpha value is -1.67. The first-order chi connectivity index (χ1) is 9.54. The lowest BCUT2D eigenvalue weighted by Crippen LogP contribution is -2.12. The summed E-state index contributed by atoms with van der Waals surface area (Å²) in [6, 6.07) is 13.1. The van der Waals surface area contributed by atoms with Gasteiger partial charge in [-0.15, -0.1) is 0 Å². The molecule has 0 aliphatic rings. The molecule has 0 aliphatic carbocycles. The maximum Gasteiger partial charge on any atom is 0.123 e. The van der Waals surface area contributed by atoms with Crippen molar-refractivity contribution >= 4 is 0 Å². The van der Waals surface area contributed by atoms with Gasteiger partial charge in [-0.2, -0.15) is 0 Å². The molecule has 0 bridgehead atoms. The minimum Gasteiger partial charge on any atom is -0.393 e. The molecule has 2 aromatic carbocycles. The maximum atomic E-state index is 13.0. The van der Waals surface area contributed by atoms with Crippen LogP contribution >= 0.6 is 0 Å². The highest BCUT2D eigenvalue weighted by molar-refractivity contribution is 5.27. The summed E-state index contributed by atoms with van der Waals surface area (Å²) in [5, 5.41) is 10.1. The lowest BCUT2D eigenvalue weighted by Gasteiger charge is -2.12. The predicted octanol–water partition coefficient (Wildman–Crippen LogP) is 3.98. The molecule has 2 heteroatoms. The number of rotatable bonds is 5. The standard InChI is InChI=1S/C18H21FO/c1-13-3-5-15(6-4-13)7-10-18(20)12-16-8-9-17(19)11-14(16)2/h3-6,8-9,11,18,20H,7,10,12H2,1-2H3. The first kappa shape index (κ1) is 14.7. The van der Waals surface area contributed by atoms with Crippen molar-refractivity contribution in [3.8, 4) is 0 Å². The van der Waals surface area contributed by atoms with Crippen molar-refractivity contribution in [3.05, 3.63) is 70.5 Å². The van der Waals surface area contributed by atoms with Crippen molar-refractivity contribution in [1.29, 1.82) is 0 Å². The van der Waals surface area contributed by atoms with Crippen LogP contribution in [0.25, 0.3) is 0 Å². The van der Waals surface area contributed by atoms with E-state index in [-0.39, 0.29) is 11.9 Å². The number of aliphatic hydroxyl groups excluding tert-OH is 1. The fourth-order valence-corrected chi connectivity index (χ4v) is 2.33. The molecule has 2 rings (SSSR count). The Morgan fingerprint density at radius 2 is 1.75 bits per heavy atom. The Kier molecular flexibility index (Phi) is 4.91. The molecular weight excluding hydrogens is 251 g/mol. The van der Waals surface area contributed by atoms with Crippen LogP contribution in [0.4, 0.5) is 4.39 Å². The Morgan fingerprint density at radius 3 is 2.40 bits per heavy atom. The van der Waals surface area contributed by atoms with E-state index in [0.29, 0.717) is 6.42 Å². The van der Waals surface area contributed by atoms with E-state index in [2.05, 4.69) is 31.2 Å². The van der Waals surface area contributed by atoms with Gasteiger partial charge >= 0.3 is 0 Å². The molecule has 0 amide bonds. The number of hydrogen-bond donors (Lipinski definition) is 1. The van der Waals surface area contributed by atoms with Gasteiger partial charge in [0.2, 0.25) is 0 Å². The normalized spacial score (nSPS) is 12.4. The minimum atomic E-state index is -0.388. The summed E-state index contributed by atoms with van der Waals surface area (Å²) in [5.41, 5.74) is 4.41. The second-order valence-electron chi connectivity index (χ2n) is 5.45. The number of aliphatic hydroxyl groups is 1. The van der Waals surface area contributed by atoms with Crippen molar-refractivity contribution in [2.75, 3.05) is 0 Å². The van der Waals surface area contributed by atoms with E-state index in [1.165, 1.54) is 23.3 Å². The molecular formula is C18H21FO. The van der Waals surface area contributed by atoms with Crippen molar-refractivity contribution in [1.82, 2.24) is 0 Å². The Labute approximate surface area is 120 Å². The van der Waals surface area contributed by atoms with Gasteiger partial charge in [-0.25, -0.2) is 4.39 Å². The van der Waals surface area contributed by atoms with Crippen molar-refractivity contribution in [2.24, 2.45) is 0 Å². The van der Waals surface area contributed by atoms with Crippen molar-refractivity contribution < 1.29 is 9.50 Å². The molecule has 0 aliphatic heterocycles. The molecule has 0 fully saturated rings. The van der Waals surface area contributed by atoms with E-state index >= 15 is 0 Å². The van der Waals surface area contributed by atoms with Gasteiger partial charge in [0.15, 0.2) is 0 Å². The molecule has 0 heterocycles. The maximum absolute atomic E-state index is 13.0. The van der Waals surface area contributed by atoms with Gasteiger partial charge in [-0.1, -0.05) is 35.9 Å². The van der Waals surface area contributed by atoms with Crippen LogP contribution in [0.5, 0.6) is 0 Å². The van der Waals surface area contributed by atoms with Gasteiger partial charge in [0, 0.05) is 0 Å².